The first-order chi connectivity index (χ1) is 12.3. The molecule has 0 atom stereocenters. The van der Waals surface area contributed by atoms with E-state index in [1.54, 1.807) is 6.92 Å². The van der Waals surface area contributed by atoms with E-state index < -0.39 is 52.3 Å². The summed E-state index contributed by atoms with van der Waals surface area (Å²) in [7, 11) is 0. The van der Waals surface area contributed by atoms with E-state index in [1.165, 1.54) is 18.2 Å². The van der Waals surface area contributed by atoms with Crippen molar-refractivity contribution in [2.75, 3.05) is 6.61 Å². The molecular formula is C17H11F5O4. The van der Waals surface area contributed by atoms with Gasteiger partial charge in [-0.2, -0.15) is 8.78 Å². The molecule has 0 bridgehead atoms. The van der Waals surface area contributed by atoms with Crippen molar-refractivity contribution in [2.24, 2.45) is 0 Å². The standard InChI is InChI=1S/C17H11F5O4/c1-2-7-25-16(23)8-5-3-4-6-9(8)17(24)26-15-13(21)11(19)10(18)12(20)14(15)22/h3-6H,2,7H2,1H3. The maximum absolute atomic E-state index is 13.6. The van der Waals surface area contributed by atoms with Gasteiger partial charge in [0.25, 0.3) is 0 Å². The highest BCUT2D eigenvalue weighted by Gasteiger charge is 2.30. The summed E-state index contributed by atoms with van der Waals surface area (Å²) in [5, 5.41) is 0. The topological polar surface area (TPSA) is 52.6 Å². The molecule has 0 heterocycles. The summed E-state index contributed by atoms with van der Waals surface area (Å²) in [5.41, 5.74) is -0.743. The van der Waals surface area contributed by atoms with Crippen LogP contribution < -0.4 is 4.74 Å². The smallest absolute Gasteiger partial charge is 0.344 e. The van der Waals surface area contributed by atoms with Crippen LogP contribution in [0.1, 0.15) is 34.1 Å². The van der Waals surface area contributed by atoms with Gasteiger partial charge >= 0.3 is 11.9 Å². The summed E-state index contributed by atoms with van der Waals surface area (Å²) >= 11 is 0. The Morgan fingerprint density at radius 2 is 1.27 bits per heavy atom. The Kier molecular flexibility index (Phi) is 5.91. The summed E-state index contributed by atoms with van der Waals surface area (Å²) in [4.78, 5) is 24.0. The second-order valence-corrected chi connectivity index (χ2v) is 4.97. The largest absolute Gasteiger partial charge is 0.462 e. The Morgan fingerprint density at radius 3 is 1.77 bits per heavy atom. The second kappa shape index (κ2) is 7.94. The number of esters is 2. The predicted octanol–water partition coefficient (Wildman–Crippen LogP) is 4.17. The van der Waals surface area contributed by atoms with E-state index >= 15 is 0 Å². The lowest BCUT2D eigenvalue weighted by Crippen LogP contribution is -2.18. The van der Waals surface area contributed by atoms with Crippen molar-refractivity contribution in [2.45, 2.75) is 13.3 Å². The van der Waals surface area contributed by atoms with Crippen LogP contribution in [0.3, 0.4) is 0 Å². The zero-order chi connectivity index (χ0) is 19.4. The molecule has 0 amide bonds. The normalized spacial score (nSPS) is 10.5. The van der Waals surface area contributed by atoms with Gasteiger partial charge in [0.15, 0.2) is 0 Å². The van der Waals surface area contributed by atoms with Crippen LogP contribution in [0, 0.1) is 29.1 Å². The van der Waals surface area contributed by atoms with Crippen LogP contribution in [-0.2, 0) is 4.74 Å². The van der Waals surface area contributed by atoms with Crippen molar-refractivity contribution < 1.29 is 41.0 Å². The number of hydrogen-bond donors (Lipinski definition) is 0. The van der Waals surface area contributed by atoms with Crippen LogP contribution in [0.2, 0.25) is 0 Å². The third-order valence-corrected chi connectivity index (χ3v) is 3.17. The molecule has 2 aromatic rings. The molecule has 0 unspecified atom stereocenters. The van der Waals surface area contributed by atoms with E-state index in [0.717, 1.165) is 6.07 Å². The Bertz CT molecular complexity index is 837. The molecule has 0 aromatic heterocycles. The number of hydrogen-bond acceptors (Lipinski definition) is 4. The van der Waals surface area contributed by atoms with Gasteiger partial charge < -0.3 is 9.47 Å². The van der Waals surface area contributed by atoms with E-state index in [2.05, 4.69) is 4.74 Å². The lowest BCUT2D eigenvalue weighted by atomic mass is 10.1. The zero-order valence-electron chi connectivity index (χ0n) is 13.2. The highest BCUT2D eigenvalue weighted by Crippen LogP contribution is 2.30. The van der Waals surface area contributed by atoms with Crippen LogP contribution in [0.15, 0.2) is 24.3 Å². The van der Waals surface area contributed by atoms with Gasteiger partial charge in [0.05, 0.1) is 17.7 Å². The first-order valence-corrected chi connectivity index (χ1v) is 7.29. The van der Waals surface area contributed by atoms with Gasteiger partial charge in [0.1, 0.15) is 0 Å². The monoisotopic (exact) mass is 374 g/mol. The van der Waals surface area contributed by atoms with Crippen molar-refractivity contribution in [1.82, 2.24) is 0 Å². The Balaban J connectivity index is 2.40. The summed E-state index contributed by atoms with van der Waals surface area (Å²) in [6.07, 6.45) is 0.503. The number of carbonyl (C=O) groups is 2. The third kappa shape index (κ3) is 3.66. The highest BCUT2D eigenvalue weighted by atomic mass is 19.2. The van der Waals surface area contributed by atoms with Crippen LogP contribution in [0.5, 0.6) is 5.75 Å². The van der Waals surface area contributed by atoms with Crippen molar-refractivity contribution >= 4 is 11.9 Å². The summed E-state index contributed by atoms with van der Waals surface area (Å²) in [6, 6.07) is 4.97. The summed E-state index contributed by atoms with van der Waals surface area (Å²) < 4.78 is 75.8. The molecule has 0 aliphatic heterocycles. The van der Waals surface area contributed by atoms with Crippen molar-refractivity contribution in [3.8, 4) is 5.75 Å². The molecule has 0 aliphatic rings. The van der Waals surface area contributed by atoms with Gasteiger partial charge in [-0.3, -0.25) is 0 Å². The molecule has 138 valence electrons. The fourth-order valence-corrected chi connectivity index (χ4v) is 1.93. The lowest BCUT2D eigenvalue weighted by Gasteiger charge is -2.11. The number of halogens is 5. The molecule has 26 heavy (non-hydrogen) atoms. The maximum atomic E-state index is 13.6. The molecule has 0 N–H and O–H groups in total. The summed E-state index contributed by atoms with van der Waals surface area (Å²) in [5.74, 6) is -15.7. The summed E-state index contributed by atoms with van der Waals surface area (Å²) in [6.45, 7) is 1.79. The van der Waals surface area contributed by atoms with E-state index in [1.807, 2.05) is 0 Å². The fourth-order valence-electron chi connectivity index (χ4n) is 1.93. The molecule has 2 aromatic carbocycles. The van der Waals surface area contributed by atoms with Crippen LogP contribution >= 0.6 is 0 Å². The second-order valence-electron chi connectivity index (χ2n) is 4.97. The van der Waals surface area contributed by atoms with E-state index in [4.69, 9.17) is 4.74 Å². The van der Waals surface area contributed by atoms with Gasteiger partial charge in [-0.25, -0.2) is 22.8 Å². The van der Waals surface area contributed by atoms with Crippen LogP contribution in [0.25, 0.3) is 0 Å². The number of ether oxygens (including phenoxy) is 2. The maximum Gasteiger partial charge on any atom is 0.344 e. The average molecular weight is 374 g/mol. The molecule has 4 nitrogen and oxygen atoms in total. The fraction of sp³-hybridized carbons (Fsp3) is 0.176. The van der Waals surface area contributed by atoms with Crippen LogP contribution in [-0.4, -0.2) is 18.5 Å². The van der Waals surface area contributed by atoms with E-state index in [-0.39, 0.29) is 12.2 Å². The van der Waals surface area contributed by atoms with Gasteiger partial charge in [-0.15, -0.1) is 0 Å². The first-order valence-electron chi connectivity index (χ1n) is 7.29. The van der Waals surface area contributed by atoms with Gasteiger partial charge in [-0.1, -0.05) is 19.1 Å². The average Bonchev–Trinajstić information content (AvgIpc) is 2.66. The molecule has 0 spiro atoms. The minimum atomic E-state index is -2.39. The number of carbonyl (C=O) groups excluding carboxylic acids is 2. The van der Waals surface area contributed by atoms with Crippen molar-refractivity contribution in [3.63, 3.8) is 0 Å². The molecular weight excluding hydrogens is 363 g/mol. The molecule has 0 fully saturated rings. The molecule has 0 aliphatic carbocycles. The molecule has 0 saturated heterocycles. The minimum Gasteiger partial charge on any atom is -0.462 e. The van der Waals surface area contributed by atoms with Gasteiger partial charge in [0, 0.05) is 0 Å². The SMILES string of the molecule is CCCOC(=O)c1ccccc1C(=O)Oc1c(F)c(F)c(F)c(F)c1F. The molecule has 0 radical (unpaired) electrons. The van der Waals surface area contributed by atoms with Gasteiger partial charge in [-0.05, 0) is 18.6 Å². The number of rotatable bonds is 5. The van der Waals surface area contributed by atoms with Gasteiger partial charge in [0.2, 0.25) is 34.8 Å². The zero-order valence-corrected chi connectivity index (χ0v) is 13.2. The molecule has 2 rings (SSSR count). The van der Waals surface area contributed by atoms with E-state index in [9.17, 15) is 31.5 Å². The molecule has 9 heteroatoms. The van der Waals surface area contributed by atoms with Crippen LogP contribution in [0.4, 0.5) is 22.0 Å². The molecule has 0 saturated carbocycles. The number of benzene rings is 2. The Hall–Kier alpha value is -2.97. The predicted molar refractivity (Wildman–Crippen MR) is 78.2 cm³/mol. The van der Waals surface area contributed by atoms with Crippen molar-refractivity contribution in [3.05, 3.63) is 64.5 Å². The lowest BCUT2D eigenvalue weighted by molar-refractivity contribution is 0.0496. The Morgan fingerprint density at radius 1 is 0.808 bits per heavy atom. The van der Waals surface area contributed by atoms with E-state index in [0.29, 0.717) is 6.42 Å². The Labute approximate surface area is 144 Å². The quantitative estimate of drug-likeness (QED) is 0.259. The third-order valence-electron chi connectivity index (χ3n) is 3.17. The minimum absolute atomic E-state index is 0.0554. The van der Waals surface area contributed by atoms with Crippen molar-refractivity contribution in [1.29, 1.82) is 0 Å². The highest BCUT2D eigenvalue weighted by molar-refractivity contribution is 6.03. The first kappa shape index (κ1) is 19.4.